The monoisotopic (exact) mass is 269 g/mol. The van der Waals surface area contributed by atoms with Crippen molar-refractivity contribution in [3.63, 3.8) is 0 Å². The summed E-state index contributed by atoms with van der Waals surface area (Å²) in [5, 5.41) is 6.14. The predicted octanol–water partition coefficient (Wildman–Crippen LogP) is 2.83. The van der Waals surface area contributed by atoms with Gasteiger partial charge in [-0.2, -0.15) is 0 Å². The SMILES string of the molecule is CCCNC(=O)c1cccc(NCc2ccccn2)c1. The molecule has 0 saturated heterocycles. The van der Waals surface area contributed by atoms with Crippen molar-refractivity contribution < 1.29 is 4.79 Å². The molecule has 0 unspecified atom stereocenters. The Labute approximate surface area is 119 Å². The average molecular weight is 269 g/mol. The zero-order valence-electron chi connectivity index (χ0n) is 11.6. The van der Waals surface area contributed by atoms with Crippen LogP contribution < -0.4 is 10.6 Å². The maximum Gasteiger partial charge on any atom is 0.251 e. The lowest BCUT2D eigenvalue weighted by Gasteiger charge is -2.08. The first-order chi connectivity index (χ1) is 9.79. The van der Waals surface area contributed by atoms with Gasteiger partial charge < -0.3 is 10.6 Å². The second-order valence-electron chi connectivity index (χ2n) is 4.51. The third-order valence-electron chi connectivity index (χ3n) is 2.86. The van der Waals surface area contributed by atoms with E-state index in [1.165, 1.54) is 0 Å². The molecule has 20 heavy (non-hydrogen) atoms. The fraction of sp³-hybridized carbons (Fsp3) is 0.250. The van der Waals surface area contributed by atoms with Crippen molar-refractivity contribution in [2.45, 2.75) is 19.9 Å². The number of carbonyl (C=O) groups excluding carboxylic acids is 1. The van der Waals surface area contributed by atoms with Crippen LogP contribution in [-0.4, -0.2) is 17.4 Å². The molecular weight excluding hydrogens is 250 g/mol. The molecular formula is C16H19N3O. The van der Waals surface area contributed by atoms with Crippen LogP contribution in [0, 0.1) is 0 Å². The fourth-order valence-electron chi connectivity index (χ4n) is 1.81. The number of aromatic nitrogens is 1. The first-order valence-electron chi connectivity index (χ1n) is 6.81. The van der Waals surface area contributed by atoms with E-state index in [9.17, 15) is 4.79 Å². The summed E-state index contributed by atoms with van der Waals surface area (Å²) in [5.41, 5.74) is 2.55. The summed E-state index contributed by atoms with van der Waals surface area (Å²) >= 11 is 0. The topological polar surface area (TPSA) is 54.0 Å². The number of amides is 1. The second-order valence-corrected chi connectivity index (χ2v) is 4.51. The van der Waals surface area contributed by atoms with Gasteiger partial charge in [-0.1, -0.05) is 19.1 Å². The Morgan fingerprint density at radius 1 is 1.20 bits per heavy atom. The number of benzene rings is 1. The zero-order chi connectivity index (χ0) is 14.2. The van der Waals surface area contributed by atoms with Gasteiger partial charge in [0.25, 0.3) is 5.91 Å². The number of nitrogens with one attached hydrogen (secondary N) is 2. The quantitative estimate of drug-likeness (QED) is 0.848. The van der Waals surface area contributed by atoms with Gasteiger partial charge in [0.2, 0.25) is 0 Å². The molecule has 1 heterocycles. The molecule has 104 valence electrons. The minimum atomic E-state index is -0.0339. The van der Waals surface area contributed by atoms with Crippen LogP contribution in [0.5, 0.6) is 0 Å². The Bertz CT molecular complexity index is 555. The van der Waals surface area contributed by atoms with Gasteiger partial charge in [0.05, 0.1) is 12.2 Å². The maximum absolute atomic E-state index is 11.9. The van der Waals surface area contributed by atoms with Crippen LogP contribution in [-0.2, 0) is 6.54 Å². The molecule has 0 atom stereocenters. The normalized spacial score (nSPS) is 10.1. The average Bonchev–Trinajstić information content (AvgIpc) is 2.52. The Balaban J connectivity index is 1.97. The number of nitrogens with zero attached hydrogens (tertiary/aromatic N) is 1. The highest BCUT2D eigenvalue weighted by Gasteiger charge is 2.05. The van der Waals surface area contributed by atoms with E-state index in [1.54, 1.807) is 6.20 Å². The van der Waals surface area contributed by atoms with Gasteiger partial charge >= 0.3 is 0 Å². The molecule has 0 aliphatic heterocycles. The lowest BCUT2D eigenvalue weighted by Crippen LogP contribution is -2.23. The van der Waals surface area contributed by atoms with E-state index in [4.69, 9.17) is 0 Å². The molecule has 0 radical (unpaired) electrons. The molecule has 0 bridgehead atoms. The van der Waals surface area contributed by atoms with Crippen LogP contribution in [0.4, 0.5) is 5.69 Å². The molecule has 4 nitrogen and oxygen atoms in total. The highest BCUT2D eigenvalue weighted by Crippen LogP contribution is 2.11. The van der Waals surface area contributed by atoms with Crippen molar-refractivity contribution >= 4 is 11.6 Å². The van der Waals surface area contributed by atoms with Crippen molar-refractivity contribution in [1.82, 2.24) is 10.3 Å². The molecule has 0 saturated carbocycles. The van der Waals surface area contributed by atoms with Crippen molar-refractivity contribution in [3.8, 4) is 0 Å². The Hall–Kier alpha value is -2.36. The summed E-state index contributed by atoms with van der Waals surface area (Å²) in [7, 11) is 0. The Kier molecular flexibility index (Phi) is 5.12. The van der Waals surface area contributed by atoms with E-state index >= 15 is 0 Å². The van der Waals surface area contributed by atoms with Crippen LogP contribution in [0.15, 0.2) is 48.7 Å². The van der Waals surface area contributed by atoms with E-state index in [-0.39, 0.29) is 5.91 Å². The Morgan fingerprint density at radius 2 is 2.10 bits per heavy atom. The van der Waals surface area contributed by atoms with E-state index in [0.29, 0.717) is 18.7 Å². The van der Waals surface area contributed by atoms with Crippen LogP contribution in [0.2, 0.25) is 0 Å². The number of hydrogen-bond acceptors (Lipinski definition) is 3. The minimum absolute atomic E-state index is 0.0339. The molecule has 1 aromatic carbocycles. The molecule has 2 N–H and O–H groups in total. The highest BCUT2D eigenvalue weighted by molar-refractivity contribution is 5.95. The number of rotatable bonds is 6. The maximum atomic E-state index is 11.9. The van der Waals surface area contributed by atoms with Crippen LogP contribution in [0.1, 0.15) is 29.4 Å². The summed E-state index contributed by atoms with van der Waals surface area (Å²) in [6.07, 6.45) is 2.70. The molecule has 0 aliphatic rings. The van der Waals surface area contributed by atoms with Gasteiger partial charge in [0.15, 0.2) is 0 Å². The summed E-state index contributed by atoms with van der Waals surface area (Å²) in [4.78, 5) is 16.1. The lowest BCUT2D eigenvalue weighted by molar-refractivity contribution is 0.0953. The van der Waals surface area contributed by atoms with Crippen LogP contribution in [0.3, 0.4) is 0 Å². The van der Waals surface area contributed by atoms with Gasteiger partial charge in [-0.25, -0.2) is 0 Å². The fourth-order valence-corrected chi connectivity index (χ4v) is 1.81. The highest BCUT2D eigenvalue weighted by atomic mass is 16.1. The molecule has 0 fully saturated rings. The van der Waals surface area contributed by atoms with Gasteiger partial charge in [0.1, 0.15) is 0 Å². The number of pyridine rings is 1. The largest absolute Gasteiger partial charge is 0.379 e. The molecule has 0 aliphatic carbocycles. The molecule has 1 aromatic heterocycles. The molecule has 2 aromatic rings. The van der Waals surface area contributed by atoms with E-state index in [0.717, 1.165) is 17.8 Å². The van der Waals surface area contributed by atoms with E-state index in [1.807, 2.05) is 49.4 Å². The van der Waals surface area contributed by atoms with Gasteiger partial charge in [-0.15, -0.1) is 0 Å². The van der Waals surface area contributed by atoms with Gasteiger partial charge in [-0.3, -0.25) is 9.78 Å². The molecule has 2 rings (SSSR count). The second kappa shape index (κ2) is 7.28. The summed E-state index contributed by atoms with van der Waals surface area (Å²) in [6.45, 7) is 3.37. The smallest absolute Gasteiger partial charge is 0.251 e. The first kappa shape index (κ1) is 14.1. The van der Waals surface area contributed by atoms with E-state index < -0.39 is 0 Å². The molecule has 0 spiro atoms. The van der Waals surface area contributed by atoms with Crippen molar-refractivity contribution in [2.75, 3.05) is 11.9 Å². The van der Waals surface area contributed by atoms with E-state index in [2.05, 4.69) is 15.6 Å². The Morgan fingerprint density at radius 3 is 2.85 bits per heavy atom. The summed E-state index contributed by atoms with van der Waals surface area (Å²) in [5.74, 6) is -0.0339. The standard InChI is InChI=1S/C16H19N3O/c1-2-9-18-16(20)13-6-5-8-14(11-13)19-12-15-7-3-4-10-17-15/h3-8,10-11,19H,2,9,12H2,1H3,(H,18,20). The lowest BCUT2D eigenvalue weighted by atomic mass is 10.2. The third-order valence-corrected chi connectivity index (χ3v) is 2.86. The van der Waals surface area contributed by atoms with Crippen LogP contribution >= 0.6 is 0 Å². The summed E-state index contributed by atoms with van der Waals surface area (Å²) in [6, 6.07) is 13.3. The van der Waals surface area contributed by atoms with Crippen molar-refractivity contribution in [3.05, 3.63) is 59.9 Å². The van der Waals surface area contributed by atoms with Crippen molar-refractivity contribution in [2.24, 2.45) is 0 Å². The van der Waals surface area contributed by atoms with Crippen molar-refractivity contribution in [1.29, 1.82) is 0 Å². The number of carbonyl (C=O) groups is 1. The third kappa shape index (κ3) is 4.09. The van der Waals surface area contributed by atoms with Crippen LogP contribution in [0.25, 0.3) is 0 Å². The number of hydrogen-bond donors (Lipinski definition) is 2. The first-order valence-corrected chi connectivity index (χ1v) is 6.81. The number of anilines is 1. The summed E-state index contributed by atoms with van der Waals surface area (Å²) < 4.78 is 0. The zero-order valence-corrected chi connectivity index (χ0v) is 11.6. The van der Waals surface area contributed by atoms with Gasteiger partial charge in [-0.05, 0) is 36.8 Å². The predicted molar refractivity (Wildman–Crippen MR) is 80.6 cm³/mol. The minimum Gasteiger partial charge on any atom is -0.379 e. The molecule has 4 heteroatoms. The van der Waals surface area contributed by atoms with Gasteiger partial charge in [0, 0.05) is 24.0 Å². The molecule has 1 amide bonds.